The molecular formula is C32H33N5O3. The Hall–Kier alpha value is -4.56. The number of carbonyl (C=O) groups is 2. The maximum atomic E-state index is 13.2. The van der Waals surface area contributed by atoms with Gasteiger partial charge in [-0.1, -0.05) is 102 Å². The third kappa shape index (κ3) is 6.18. The van der Waals surface area contributed by atoms with E-state index in [1.807, 2.05) is 72.8 Å². The Morgan fingerprint density at radius 2 is 1.80 bits per heavy atom. The molecule has 1 heterocycles. The first-order valence-electron chi connectivity index (χ1n) is 13.4. The molecule has 8 heteroatoms. The largest absolute Gasteiger partial charge is 0.345 e. The number of nitrogens with two attached hydrogens (primary N) is 1. The summed E-state index contributed by atoms with van der Waals surface area (Å²) in [6.07, 6.45) is 9.50. The Morgan fingerprint density at radius 3 is 2.58 bits per heavy atom. The third-order valence-electron chi connectivity index (χ3n) is 7.35. The summed E-state index contributed by atoms with van der Waals surface area (Å²) in [4.78, 5) is 32.0. The maximum Gasteiger partial charge on any atom is 0.292 e. The van der Waals surface area contributed by atoms with Gasteiger partial charge < -0.3 is 20.5 Å². The number of likely N-dealkylation sites (N-methyl/N-ethyl adjacent to an activating group) is 1. The predicted octanol–water partition coefficient (Wildman–Crippen LogP) is 4.33. The Balaban J connectivity index is 1.21. The molecule has 0 spiro atoms. The average molecular weight is 536 g/mol. The van der Waals surface area contributed by atoms with Gasteiger partial charge in [0.25, 0.3) is 11.7 Å². The fourth-order valence-electron chi connectivity index (χ4n) is 4.96. The van der Waals surface area contributed by atoms with Crippen LogP contribution in [-0.4, -0.2) is 46.5 Å². The molecule has 1 aliphatic carbocycles. The standard InChI is InChI=1S/C32H33N5O3/c1-37(30(39)27(33)21-24-14-15-25-12-6-7-13-26(25)20-24)19-18-32(16-8-3-9-17-32)31-35-28(36-40-31)29(38)34-22-23-10-4-2-5-11-23/h2-16,20,27H,17-19,21-22,33H2,1H3,(H,34,38). The molecule has 8 nitrogen and oxygen atoms in total. The van der Waals surface area contributed by atoms with Crippen molar-refractivity contribution in [2.24, 2.45) is 5.73 Å². The normalized spacial score (nSPS) is 17.1. The van der Waals surface area contributed by atoms with Gasteiger partial charge in [-0.25, -0.2) is 0 Å². The van der Waals surface area contributed by atoms with Gasteiger partial charge in [0.15, 0.2) is 0 Å². The summed E-state index contributed by atoms with van der Waals surface area (Å²) in [7, 11) is 1.76. The van der Waals surface area contributed by atoms with Gasteiger partial charge >= 0.3 is 0 Å². The molecular weight excluding hydrogens is 502 g/mol. The van der Waals surface area contributed by atoms with E-state index >= 15 is 0 Å². The molecule has 2 unspecified atom stereocenters. The average Bonchev–Trinajstić information content (AvgIpc) is 3.51. The van der Waals surface area contributed by atoms with Gasteiger partial charge in [-0.05, 0) is 41.2 Å². The van der Waals surface area contributed by atoms with Gasteiger partial charge in [0.1, 0.15) is 0 Å². The van der Waals surface area contributed by atoms with Crippen LogP contribution in [0.5, 0.6) is 0 Å². The van der Waals surface area contributed by atoms with E-state index in [1.165, 1.54) is 0 Å². The molecule has 0 fully saturated rings. The monoisotopic (exact) mass is 535 g/mol. The minimum Gasteiger partial charge on any atom is -0.345 e. The smallest absolute Gasteiger partial charge is 0.292 e. The van der Waals surface area contributed by atoms with Crippen molar-refractivity contribution in [3.63, 3.8) is 0 Å². The van der Waals surface area contributed by atoms with Crippen LogP contribution < -0.4 is 11.1 Å². The van der Waals surface area contributed by atoms with Gasteiger partial charge in [-0.15, -0.1) is 0 Å². The van der Waals surface area contributed by atoms with Crippen LogP contribution in [0.1, 0.15) is 40.5 Å². The van der Waals surface area contributed by atoms with Crippen molar-refractivity contribution in [3.8, 4) is 0 Å². The first-order chi connectivity index (χ1) is 19.4. The number of nitrogens with one attached hydrogen (secondary N) is 1. The van der Waals surface area contributed by atoms with Crippen LogP contribution in [0.15, 0.2) is 102 Å². The number of amides is 2. The first-order valence-corrected chi connectivity index (χ1v) is 13.4. The van der Waals surface area contributed by atoms with E-state index in [2.05, 4.69) is 39.7 Å². The van der Waals surface area contributed by atoms with Gasteiger partial charge in [0.2, 0.25) is 11.8 Å². The number of aromatic nitrogens is 2. The molecule has 2 amide bonds. The summed E-state index contributed by atoms with van der Waals surface area (Å²) in [6.45, 7) is 0.796. The van der Waals surface area contributed by atoms with Crippen molar-refractivity contribution in [1.82, 2.24) is 20.4 Å². The molecule has 3 N–H and O–H groups in total. The van der Waals surface area contributed by atoms with Crippen LogP contribution in [0.4, 0.5) is 0 Å². The molecule has 0 aliphatic heterocycles. The molecule has 1 aliphatic rings. The van der Waals surface area contributed by atoms with Crippen LogP contribution in [-0.2, 0) is 23.2 Å². The highest BCUT2D eigenvalue weighted by Gasteiger charge is 2.37. The zero-order chi connectivity index (χ0) is 28.0. The van der Waals surface area contributed by atoms with Gasteiger partial charge in [-0.3, -0.25) is 9.59 Å². The highest BCUT2D eigenvalue weighted by Crippen LogP contribution is 2.35. The SMILES string of the molecule is CN(CCC1(c2nc(C(=O)NCc3ccccc3)no2)C=CC=CC1)C(=O)C(N)Cc1ccc2ccccc2c1. The van der Waals surface area contributed by atoms with Gasteiger partial charge in [0.05, 0.1) is 11.5 Å². The number of benzene rings is 3. The van der Waals surface area contributed by atoms with E-state index in [1.54, 1.807) is 11.9 Å². The number of hydrogen-bond donors (Lipinski definition) is 2. The highest BCUT2D eigenvalue weighted by molar-refractivity contribution is 5.90. The van der Waals surface area contributed by atoms with E-state index in [0.717, 1.165) is 21.9 Å². The molecule has 40 heavy (non-hydrogen) atoms. The minimum absolute atomic E-state index is 0.0184. The molecule has 0 bridgehead atoms. The van der Waals surface area contributed by atoms with Gasteiger partial charge in [-0.2, -0.15) is 4.98 Å². The molecule has 0 saturated heterocycles. The quantitative estimate of drug-likeness (QED) is 0.313. The summed E-state index contributed by atoms with van der Waals surface area (Å²) < 4.78 is 5.60. The number of nitrogens with zero attached hydrogens (tertiary/aromatic N) is 3. The molecule has 1 aromatic heterocycles. The van der Waals surface area contributed by atoms with Crippen LogP contribution in [0, 0.1) is 0 Å². The molecule has 3 aromatic carbocycles. The lowest BCUT2D eigenvalue weighted by atomic mass is 9.78. The van der Waals surface area contributed by atoms with Crippen LogP contribution in [0.3, 0.4) is 0 Å². The number of fused-ring (bicyclic) bond motifs is 1. The lowest BCUT2D eigenvalue weighted by molar-refractivity contribution is -0.131. The van der Waals surface area contributed by atoms with Crippen molar-refractivity contribution < 1.29 is 14.1 Å². The molecule has 0 saturated carbocycles. The minimum atomic E-state index is -0.660. The number of allylic oxidation sites excluding steroid dienone is 4. The molecule has 204 valence electrons. The second kappa shape index (κ2) is 12.1. The summed E-state index contributed by atoms with van der Waals surface area (Å²) in [5.74, 6) is -0.212. The molecule has 4 aromatic rings. The van der Waals surface area contributed by atoms with Gasteiger partial charge in [0, 0.05) is 20.1 Å². The summed E-state index contributed by atoms with van der Waals surface area (Å²) in [5, 5.41) is 9.06. The topological polar surface area (TPSA) is 114 Å². The predicted molar refractivity (Wildman–Crippen MR) is 154 cm³/mol. The van der Waals surface area contributed by atoms with E-state index < -0.39 is 17.4 Å². The zero-order valence-electron chi connectivity index (χ0n) is 22.5. The molecule has 2 atom stereocenters. The van der Waals surface area contributed by atoms with Crippen molar-refractivity contribution in [3.05, 3.63) is 120 Å². The summed E-state index contributed by atoms with van der Waals surface area (Å²) in [6, 6.07) is 23.2. The fraction of sp³-hybridized carbons (Fsp3) is 0.250. The molecule has 5 rings (SSSR count). The van der Waals surface area contributed by atoms with Crippen LogP contribution in [0.25, 0.3) is 10.8 Å². The Kier molecular flexibility index (Phi) is 8.17. The Morgan fingerprint density at radius 1 is 1.02 bits per heavy atom. The van der Waals surface area contributed by atoms with E-state index in [9.17, 15) is 9.59 Å². The third-order valence-corrected chi connectivity index (χ3v) is 7.35. The summed E-state index contributed by atoms with van der Waals surface area (Å²) >= 11 is 0. The lowest BCUT2D eigenvalue weighted by Crippen LogP contribution is -2.44. The first kappa shape index (κ1) is 27.0. The zero-order valence-corrected chi connectivity index (χ0v) is 22.5. The van der Waals surface area contributed by atoms with Crippen LogP contribution in [0.2, 0.25) is 0 Å². The number of hydrogen-bond acceptors (Lipinski definition) is 6. The van der Waals surface area contributed by atoms with Crippen molar-refractivity contribution in [2.75, 3.05) is 13.6 Å². The van der Waals surface area contributed by atoms with E-state index in [4.69, 9.17) is 10.3 Å². The van der Waals surface area contributed by atoms with E-state index in [0.29, 0.717) is 38.2 Å². The highest BCUT2D eigenvalue weighted by atomic mass is 16.5. The maximum absolute atomic E-state index is 13.2. The fourth-order valence-corrected chi connectivity index (χ4v) is 4.96. The summed E-state index contributed by atoms with van der Waals surface area (Å²) in [5.41, 5.74) is 7.72. The second-order valence-corrected chi connectivity index (χ2v) is 10.2. The van der Waals surface area contributed by atoms with Crippen molar-refractivity contribution in [1.29, 1.82) is 0 Å². The number of rotatable bonds is 10. The van der Waals surface area contributed by atoms with Crippen molar-refractivity contribution in [2.45, 2.75) is 37.3 Å². The van der Waals surface area contributed by atoms with E-state index in [-0.39, 0.29) is 11.7 Å². The number of carbonyl (C=O) groups excluding carboxylic acids is 2. The second-order valence-electron chi connectivity index (χ2n) is 10.2. The lowest BCUT2D eigenvalue weighted by Gasteiger charge is -2.30. The van der Waals surface area contributed by atoms with Crippen molar-refractivity contribution >= 4 is 22.6 Å². The Bertz CT molecular complexity index is 1540. The van der Waals surface area contributed by atoms with Crippen LogP contribution >= 0.6 is 0 Å². The molecule has 0 radical (unpaired) electrons. The Labute approximate surface area is 233 Å².